The first-order valence-electron chi connectivity index (χ1n) is 12.5. The van der Waals surface area contributed by atoms with Gasteiger partial charge in [-0.2, -0.15) is 0 Å². The normalized spacial score (nSPS) is 13.9. The lowest BCUT2D eigenvalue weighted by molar-refractivity contribution is -0.137. The van der Waals surface area contributed by atoms with Gasteiger partial charge in [-0.3, -0.25) is 9.59 Å². The second kappa shape index (κ2) is 12.9. The lowest BCUT2D eigenvalue weighted by Crippen LogP contribution is -2.34. The van der Waals surface area contributed by atoms with Gasteiger partial charge in [-0.25, -0.2) is 4.79 Å². The molecular weight excluding hydrogens is 444 g/mol. The van der Waals surface area contributed by atoms with Gasteiger partial charge >= 0.3 is 12.1 Å². The first-order valence-corrected chi connectivity index (χ1v) is 12.5. The number of carbonyl (C=O) groups excluding carboxylic acids is 2. The maximum Gasteiger partial charge on any atom is 0.407 e. The summed E-state index contributed by atoms with van der Waals surface area (Å²) in [5.41, 5.74) is 4.75. The average molecular weight is 481 g/mol. The van der Waals surface area contributed by atoms with E-state index in [9.17, 15) is 14.4 Å². The van der Waals surface area contributed by atoms with E-state index in [-0.39, 0.29) is 30.9 Å². The molecule has 2 aromatic rings. The van der Waals surface area contributed by atoms with E-state index in [4.69, 9.17) is 9.84 Å². The molecule has 2 amide bonds. The number of carboxylic acid groups (broad SMARTS) is 1. The number of aliphatic carboxylic acids is 1. The number of carbonyl (C=O) groups is 3. The van der Waals surface area contributed by atoms with Gasteiger partial charge in [-0.05, 0) is 47.9 Å². The van der Waals surface area contributed by atoms with Gasteiger partial charge in [0.25, 0.3) is 0 Å². The quantitative estimate of drug-likeness (QED) is 0.370. The lowest BCUT2D eigenvalue weighted by atomic mass is 9.94. The summed E-state index contributed by atoms with van der Waals surface area (Å²) in [6, 6.07) is 16.1. The van der Waals surface area contributed by atoms with Gasteiger partial charge in [0.1, 0.15) is 6.61 Å². The number of rotatable bonds is 13. The number of nitrogens with one attached hydrogen (secondary N) is 2. The third kappa shape index (κ3) is 7.57. The van der Waals surface area contributed by atoms with Crippen LogP contribution in [-0.2, 0) is 14.3 Å². The summed E-state index contributed by atoms with van der Waals surface area (Å²) in [6.07, 6.45) is 3.24. The maximum atomic E-state index is 12.4. The Morgan fingerprint density at radius 2 is 1.60 bits per heavy atom. The minimum Gasteiger partial charge on any atom is -0.481 e. The molecule has 0 heterocycles. The Kier molecular flexibility index (Phi) is 9.70. The molecule has 1 unspecified atom stereocenters. The summed E-state index contributed by atoms with van der Waals surface area (Å²) in [5, 5.41) is 14.4. The van der Waals surface area contributed by atoms with Crippen LogP contribution in [0.4, 0.5) is 4.79 Å². The van der Waals surface area contributed by atoms with Crippen LogP contribution in [0.3, 0.4) is 0 Å². The van der Waals surface area contributed by atoms with Gasteiger partial charge in [-0.1, -0.05) is 68.3 Å². The van der Waals surface area contributed by atoms with E-state index in [0.29, 0.717) is 25.3 Å². The molecule has 0 saturated heterocycles. The van der Waals surface area contributed by atoms with Crippen molar-refractivity contribution < 1.29 is 24.2 Å². The minimum atomic E-state index is -0.930. The molecule has 188 valence electrons. The molecule has 1 aliphatic carbocycles. The molecule has 7 nitrogen and oxygen atoms in total. The van der Waals surface area contributed by atoms with Gasteiger partial charge in [0, 0.05) is 24.9 Å². The second-order valence-electron chi connectivity index (χ2n) is 9.30. The van der Waals surface area contributed by atoms with Crippen LogP contribution in [0, 0.1) is 5.92 Å². The van der Waals surface area contributed by atoms with Crippen LogP contribution in [0.25, 0.3) is 11.1 Å². The molecule has 2 aromatic carbocycles. The highest BCUT2D eigenvalue weighted by atomic mass is 16.5. The fraction of sp³-hybridized carbons (Fsp3) is 0.464. The molecule has 3 N–H and O–H groups in total. The Balaban J connectivity index is 1.42. The van der Waals surface area contributed by atoms with Crippen LogP contribution in [-0.4, -0.2) is 42.3 Å². The summed E-state index contributed by atoms with van der Waals surface area (Å²) in [4.78, 5) is 35.3. The highest BCUT2D eigenvalue weighted by Gasteiger charge is 2.29. The molecule has 0 aliphatic heterocycles. The molecule has 7 heteroatoms. The van der Waals surface area contributed by atoms with E-state index < -0.39 is 12.1 Å². The standard InChI is InChI=1S/C28H36N2O5/c1-3-8-20(13-14-26(31)30-19(2)17-27(32)33)15-16-29-28(34)35-18-25-23-11-6-4-9-21(23)22-10-5-7-12-24(22)25/h4-7,9-12,19-20,25H,3,8,13-18H2,1-2H3,(H,29,34)(H,30,31)(H,32,33)/t19-,20?/m0/s1. The van der Waals surface area contributed by atoms with E-state index in [1.54, 1.807) is 6.92 Å². The first-order chi connectivity index (χ1) is 16.9. The summed E-state index contributed by atoms with van der Waals surface area (Å²) in [7, 11) is 0. The summed E-state index contributed by atoms with van der Waals surface area (Å²) >= 11 is 0. The van der Waals surface area contributed by atoms with Gasteiger partial charge in [0.15, 0.2) is 0 Å². The van der Waals surface area contributed by atoms with Crippen molar-refractivity contribution in [3.63, 3.8) is 0 Å². The smallest absolute Gasteiger partial charge is 0.407 e. The summed E-state index contributed by atoms with van der Waals surface area (Å²) in [5.74, 6) is -0.734. The lowest BCUT2D eigenvalue weighted by Gasteiger charge is -2.18. The summed E-state index contributed by atoms with van der Waals surface area (Å²) < 4.78 is 5.59. The van der Waals surface area contributed by atoms with Crippen LogP contribution in [0.2, 0.25) is 0 Å². The predicted octanol–water partition coefficient (Wildman–Crippen LogP) is 5.09. The molecule has 0 spiro atoms. The topological polar surface area (TPSA) is 105 Å². The molecule has 0 radical (unpaired) electrons. The van der Waals surface area contributed by atoms with E-state index >= 15 is 0 Å². The van der Waals surface area contributed by atoms with Crippen molar-refractivity contribution in [3.8, 4) is 11.1 Å². The molecule has 0 bridgehead atoms. The van der Waals surface area contributed by atoms with Crippen LogP contribution < -0.4 is 10.6 Å². The Hall–Kier alpha value is -3.35. The highest BCUT2D eigenvalue weighted by Crippen LogP contribution is 2.44. The van der Waals surface area contributed by atoms with Crippen molar-refractivity contribution in [3.05, 3.63) is 59.7 Å². The van der Waals surface area contributed by atoms with E-state index in [0.717, 1.165) is 19.3 Å². The van der Waals surface area contributed by atoms with Crippen LogP contribution in [0.15, 0.2) is 48.5 Å². The van der Waals surface area contributed by atoms with Crippen LogP contribution in [0.1, 0.15) is 69.4 Å². The molecule has 0 aromatic heterocycles. The molecule has 0 fully saturated rings. The van der Waals surface area contributed by atoms with Crippen molar-refractivity contribution in [2.75, 3.05) is 13.2 Å². The zero-order valence-corrected chi connectivity index (χ0v) is 20.6. The van der Waals surface area contributed by atoms with E-state index in [1.807, 2.05) is 24.3 Å². The molecular formula is C28H36N2O5. The minimum absolute atomic E-state index is 0.0306. The van der Waals surface area contributed by atoms with Crippen molar-refractivity contribution in [2.24, 2.45) is 5.92 Å². The van der Waals surface area contributed by atoms with Crippen molar-refractivity contribution in [2.45, 2.75) is 64.3 Å². The SMILES string of the molecule is CCCC(CCNC(=O)OCC1c2ccccc2-c2ccccc21)CCC(=O)N[C@@H](C)CC(=O)O. The third-order valence-corrected chi connectivity index (χ3v) is 6.53. The van der Waals surface area contributed by atoms with Gasteiger partial charge in [0.05, 0.1) is 6.42 Å². The zero-order chi connectivity index (χ0) is 25.2. The molecule has 3 rings (SSSR count). The largest absolute Gasteiger partial charge is 0.481 e. The van der Waals surface area contributed by atoms with Gasteiger partial charge < -0.3 is 20.5 Å². The Morgan fingerprint density at radius 3 is 2.20 bits per heavy atom. The van der Waals surface area contributed by atoms with Gasteiger partial charge in [0.2, 0.25) is 5.91 Å². The zero-order valence-electron chi connectivity index (χ0n) is 20.6. The average Bonchev–Trinajstić information content (AvgIpc) is 3.14. The van der Waals surface area contributed by atoms with Crippen molar-refractivity contribution in [1.82, 2.24) is 10.6 Å². The summed E-state index contributed by atoms with van der Waals surface area (Å²) in [6.45, 7) is 4.56. The molecule has 0 saturated carbocycles. The number of hydrogen-bond donors (Lipinski definition) is 3. The van der Waals surface area contributed by atoms with Crippen molar-refractivity contribution >= 4 is 18.0 Å². The maximum absolute atomic E-state index is 12.4. The number of hydrogen-bond acceptors (Lipinski definition) is 4. The number of amides is 2. The van der Waals surface area contributed by atoms with E-state index in [2.05, 4.69) is 41.8 Å². The first kappa shape index (κ1) is 26.3. The number of ether oxygens (including phenoxy) is 1. The fourth-order valence-corrected chi connectivity index (χ4v) is 4.86. The Labute approximate surface area is 207 Å². The van der Waals surface area contributed by atoms with Crippen LogP contribution in [0.5, 0.6) is 0 Å². The molecule has 35 heavy (non-hydrogen) atoms. The number of alkyl carbamates (subject to hydrolysis) is 1. The van der Waals surface area contributed by atoms with E-state index in [1.165, 1.54) is 22.3 Å². The number of benzene rings is 2. The van der Waals surface area contributed by atoms with Gasteiger partial charge in [-0.15, -0.1) is 0 Å². The van der Waals surface area contributed by atoms with Crippen LogP contribution >= 0.6 is 0 Å². The Bertz CT molecular complexity index is 976. The number of fused-ring (bicyclic) bond motifs is 3. The highest BCUT2D eigenvalue weighted by molar-refractivity contribution is 5.79. The predicted molar refractivity (Wildman–Crippen MR) is 135 cm³/mol. The Morgan fingerprint density at radius 1 is 0.971 bits per heavy atom. The number of carboxylic acids is 1. The third-order valence-electron chi connectivity index (χ3n) is 6.53. The second-order valence-corrected chi connectivity index (χ2v) is 9.30. The fourth-order valence-electron chi connectivity index (χ4n) is 4.86. The van der Waals surface area contributed by atoms with Crippen molar-refractivity contribution in [1.29, 1.82) is 0 Å². The molecule has 1 aliphatic rings. The monoisotopic (exact) mass is 480 g/mol. The molecule has 2 atom stereocenters.